The molecule has 2 rings (SSSR count). The molecule has 1 amide bonds. The highest BCUT2D eigenvalue weighted by atomic mass is 16.4. The van der Waals surface area contributed by atoms with Gasteiger partial charge in [0.2, 0.25) is 5.91 Å². The fourth-order valence-corrected chi connectivity index (χ4v) is 2.62. The van der Waals surface area contributed by atoms with Crippen LogP contribution in [0.1, 0.15) is 44.9 Å². The zero-order valence-electron chi connectivity index (χ0n) is 10.1. The number of oxime groups is 1. The molecule has 0 aromatic rings. The zero-order chi connectivity index (χ0) is 12.3. The Hall–Kier alpha value is -1.26. The third kappa shape index (κ3) is 2.53. The van der Waals surface area contributed by atoms with E-state index in [1.54, 1.807) is 0 Å². The van der Waals surface area contributed by atoms with Crippen LogP contribution < -0.4 is 11.1 Å². The van der Waals surface area contributed by atoms with Gasteiger partial charge in [0.25, 0.3) is 0 Å². The molecular weight excluding hydrogens is 218 g/mol. The average Bonchev–Trinajstić information content (AvgIpc) is 3.17. The van der Waals surface area contributed by atoms with E-state index >= 15 is 0 Å². The number of carbonyl (C=O) groups excluding carboxylic acids is 1. The Morgan fingerprint density at radius 2 is 2.00 bits per heavy atom. The molecule has 2 aliphatic carbocycles. The number of nitrogens with one attached hydrogen (secondary N) is 1. The smallest absolute Gasteiger partial charge is 0.233 e. The molecule has 0 aliphatic heterocycles. The molecule has 2 fully saturated rings. The number of hydrogen-bond donors (Lipinski definition) is 3. The minimum absolute atomic E-state index is 0.0543. The number of nitrogens with two attached hydrogens (primary N) is 1. The van der Waals surface area contributed by atoms with Crippen molar-refractivity contribution in [1.29, 1.82) is 0 Å². The van der Waals surface area contributed by atoms with Crippen LogP contribution in [0.2, 0.25) is 0 Å². The normalized spacial score (nSPS) is 24.4. The molecule has 17 heavy (non-hydrogen) atoms. The summed E-state index contributed by atoms with van der Waals surface area (Å²) in [6, 6.07) is 0. The van der Waals surface area contributed by atoms with Gasteiger partial charge in [0, 0.05) is 6.54 Å². The molecule has 0 aromatic heterocycles. The molecule has 0 bridgehead atoms. The van der Waals surface area contributed by atoms with Crippen LogP contribution in [-0.2, 0) is 4.79 Å². The van der Waals surface area contributed by atoms with Crippen LogP contribution in [0.4, 0.5) is 0 Å². The van der Waals surface area contributed by atoms with Crippen LogP contribution in [0.5, 0.6) is 0 Å². The number of nitrogens with zero attached hydrogens (tertiary/aromatic N) is 1. The second kappa shape index (κ2) is 4.94. The van der Waals surface area contributed by atoms with Gasteiger partial charge < -0.3 is 16.3 Å². The summed E-state index contributed by atoms with van der Waals surface area (Å²) in [5.41, 5.74) is 4.86. The Labute approximate surface area is 101 Å². The summed E-state index contributed by atoms with van der Waals surface area (Å²) in [6.45, 7) is 0.735. The summed E-state index contributed by atoms with van der Waals surface area (Å²) >= 11 is 0. The maximum absolute atomic E-state index is 12.0. The molecular formula is C12H21N3O2. The van der Waals surface area contributed by atoms with Gasteiger partial charge in [0.1, 0.15) is 5.41 Å². The first-order chi connectivity index (χ1) is 8.19. The minimum atomic E-state index is -0.705. The van der Waals surface area contributed by atoms with Crippen molar-refractivity contribution in [3.05, 3.63) is 0 Å². The van der Waals surface area contributed by atoms with E-state index in [2.05, 4.69) is 10.5 Å². The van der Waals surface area contributed by atoms with E-state index in [1.165, 1.54) is 32.1 Å². The van der Waals surface area contributed by atoms with E-state index in [0.717, 1.165) is 6.54 Å². The van der Waals surface area contributed by atoms with Crippen molar-refractivity contribution in [3.63, 3.8) is 0 Å². The van der Waals surface area contributed by atoms with Crippen molar-refractivity contribution in [2.45, 2.75) is 44.9 Å². The predicted octanol–water partition coefficient (Wildman–Crippen LogP) is 1.21. The fourth-order valence-electron chi connectivity index (χ4n) is 2.62. The lowest BCUT2D eigenvalue weighted by atomic mass is 9.89. The van der Waals surface area contributed by atoms with Gasteiger partial charge in [-0.05, 0) is 31.6 Å². The number of amides is 1. The SMILES string of the molecule is NC(=NO)C1(C(=O)NCC2CCCCC2)CC1. The molecule has 0 atom stereocenters. The van der Waals surface area contributed by atoms with E-state index in [9.17, 15) is 4.79 Å². The number of hydrogen-bond acceptors (Lipinski definition) is 3. The predicted molar refractivity (Wildman–Crippen MR) is 64.7 cm³/mol. The van der Waals surface area contributed by atoms with Crippen molar-refractivity contribution in [2.24, 2.45) is 22.2 Å². The monoisotopic (exact) mass is 239 g/mol. The second-order valence-electron chi connectivity index (χ2n) is 5.28. The van der Waals surface area contributed by atoms with Crippen molar-refractivity contribution < 1.29 is 10.0 Å². The van der Waals surface area contributed by atoms with E-state index < -0.39 is 5.41 Å². The quantitative estimate of drug-likeness (QED) is 0.298. The van der Waals surface area contributed by atoms with Gasteiger partial charge in [-0.25, -0.2) is 0 Å². The summed E-state index contributed by atoms with van der Waals surface area (Å²) in [7, 11) is 0. The third-order valence-corrected chi connectivity index (χ3v) is 4.06. The van der Waals surface area contributed by atoms with Gasteiger partial charge in [-0.3, -0.25) is 4.79 Å². The van der Waals surface area contributed by atoms with Crippen LogP contribution in [0.15, 0.2) is 5.16 Å². The van der Waals surface area contributed by atoms with Gasteiger partial charge in [0.05, 0.1) is 0 Å². The van der Waals surface area contributed by atoms with Gasteiger partial charge in [-0.15, -0.1) is 0 Å². The Morgan fingerprint density at radius 3 is 2.53 bits per heavy atom. The van der Waals surface area contributed by atoms with Crippen LogP contribution in [0, 0.1) is 11.3 Å². The lowest BCUT2D eigenvalue weighted by Gasteiger charge is -2.23. The van der Waals surface area contributed by atoms with Crippen molar-refractivity contribution in [3.8, 4) is 0 Å². The first kappa shape index (κ1) is 12.2. The third-order valence-electron chi connectivity index (χ3n) is 4.06. The second-order valence-corrected chi connectivity index (χ2v) is 5.28. The lowest BCUT2D eigenvalue weighted by Crippen LogP contribution is -2.42. The first-order valence-electron chi connectivity index (χ1n) is 6.45. The molecule has 5 heteroatoms. The molecule has 0 heterocycles. The highest BCUT2D eigenvalue weighted by molar-refractivity contribution is 6.09. The van der Waals surface area contributed by atoms with E-state index in [0.29, 0.717) is 18.8 Å². The molecule has 5 nitrogen and oxygen atoms in total. The topological polar surface area (TPSA) is 87.7 Å². The van der Waals surface area contributed by atoms with Crippen LogP contribution in [-0.4, -0.2) is 23.5 Å². The number of carbonyl (C=O) groups is 1. The maximum atomic E-state index is 12.0. The molecule has 0 unspecified atom stereocenters. The molecule has 0 spiro atoms. The largest absolute Gasteiger partial charge is 0.409 e. The highest BCUT2D eigenvalue weighted by Crippen LogP contribution is 2.46. The van der Waals surface area contributed by atoms with Gasteiger partial charge in [-0.1, -0.05) is 24.4 Å². The number of rotatable bonds is 4. The van der Waals surface area contributed by atoms with Crippen molar-refractivity contribution >= 4 is 11.7 Å². The standard InChI is InChI=1S/C12H21N3O2/c13-10(15-17)12(6-7-12)11(16)14-8-9-4-2-1-3-5-9/h9,17H,1-8H2,(H2,13,15)(H,14,16). The highest BCUT2D eigenvalue weighted by Gasteiger charge is 2.54. The zero-order valence-corrected chi connectivity index (χ0v) is 10.1. The van der Waals surface area contributed by atoms with E-state index in [4.69, 9.17) is 10.9 Å². The molecule has 2 saturated carbocycles. The van der Waals surface area contributed by atoms with E-state index in [-0.39, 0.29) is 11.7 Å². The van der Waals surface area contributed by atoms with Crippen molar-refractivity contribution in [1.82, 2.24) is 5.32 Å². The molecule has 0 saturated heterocycles. The summed E-state index contributed by atoms with van der Waals surface area (Å²) in [5.74, 6) is 0.591. The molecule has 96 valence electrons. The Balaban J connectivity index is 1.81. The molecule has 0 radical (unpaired) electrons. The first-order valence-corrected chi connectivity index (χ1v) is 6.45. The summed E-state index contributed by atoms with van der Waals surface area (Å²) in [4.78, 5) is 12.0. The molecule has 0 aromatic carbocycles. The Morgan fingerprint density at radius 1 is 1.35 bits per heavy atom. The van der Waals surface area contributed by atoms with Crippen LogP contribution >= 0.6 is 0 Å². The van der Waals surface area contributed by atoms with Crippen LogP contribution in [0.25, 0.3) is 0 Å². The van der Waals surface area contributed by atoms with Gasteiger partial charge in [-0.2, -0.15) is 0 Å². The number of amidine groups is 1. The lowest BCUT2D eigenvalue weighted by molar-refractivity contribution is -0.124. The van der Waals surface area contributed by atoms with Gasteiger partial charge >= 0.3 is 0 Å². The Kier molecular flexibility index (Phi) is 3.54. The maximum Gasteiger partial charge on any atom is 0.233 e. The molecule has 2 aliphatic rings. The van der Waals surface area contributed by atoms with Crippen molar-refractivity contribution in [2.75, 3.05) is 6.54 Å². The van der Waals surface area contributed by atoms with Gasteiger partial charge in [0.15, 0.2) is 5.84 Å². The summed E-state index contributed by atoms with van der Waals surface area (Å²) in [6.07, 6.45) is 7.66. The minimum Gasteiger partial charge on any atom is -0.409 e. The van der Waals surface area contributed by atoms with E-state index in [1.807, 2.05) is 0 Å². The molecule has 4 N–H and O–H groups in total. The fraction of sp³-hybridized carbons (Fsp3) is 0.833. The average molecular weight is 239 g/mol. The summed E-state index contributed by atoms with van der Waals surface area (Å²) < 4.78 is 0. The van der Waals surface area contributed by atoms with Crippen LogP contribution in [0.3, 0.4) is 0 Å². The summed E-state index contributed by atoms with van der Waals surface area (Å²) in [5, 5.41) is 14.6. The Bertz CT molecular complexity index is 318.